The number of imide groups is 1. The normalized spacial score (nSPS) is 22.3. The van der Waals surface area contributed by atoms with E-state index in [0.717, 1.165) is 10.5 Å². The predicted molar refractivity (Wildman–Crippen MR) is 114 cm³/mol. The van der Waals surface area contributed by atoms with E-state index in [-0.39, 0.29) is 34.6 Å². The standard InChI is InChI=1S/C22H17ClN2O5S/c1-13-18(10-17-5-6-20(30-17)14-3-2-4-15(23)9-14)21(26)25(22(27)19(13)11-24)16-7-8-31(28,29)12-16/h2-6,9-10,16H,7-8,12H2,1H3/b18-10-/t16-/m1/s1. The first-order chi connectivity index (χ1) is 14.7. The third kappa shape index (κ3) is 3.94. The molecular weight excluding hydrogens is 440 g/mol. The first kappa shape index (κ1) is 21.1. The van der Waals surface area contributed by atoms with Gasteiger partial charge in [-0.1, -0.05) is 23.7 Å². The van der Waals surface area contributed by atoms with Crippen molar-refractivity contribution in [2.45, 2.75) is 19.4 Å². The van der Waals surface area contributed by atoms with Gasteiger partial charge < -0.3 is 4.42 Å². The number of hydrogen-bond acceptors (Lipinski definition) is 6. The molecule has 1 aromatic heterocycles. The number of carbonyl (C=O) groups excluding carboxylic acids is 2. The molecule has 31 heavy (non-hydrogen) atoms. The Morgan fingerprint density at radius 3 is 2.65 bits per heavy atom. The zero-order chi connectivity index (χ0) is 22.3. The Morgan fingerprint density at radius 1 is 1.23 bits per heavy atom. The summed E-state index contributed by atoms with van der Waals surface area (Å²) in [6.45, 7) is 1.52. The third-order valence-corrected chi connectivity index (χ3v) is 7.35. The summed E-state index contributed by atoms with van der Waals surface area (Å²) in [5.41, 5.74) is 0.921. The molecule has 1 atom stereocenters. The fraction of sp³-hybridized carbons (Fsp3) is 0.227. The van der Waals surface area contributed by atoms with E-state index in [2.05, 4.69) is 0 Å². The number of rotatable bonds is 3. The third-order valence-electron chi connectivity index (χ3n) is 5.37. The van der Waals surface area contributed by atoms with Crippen molar-refractivity contribution in [3.8, 4) is 17.4 Å². The summed E-state index contributed by atoms with van der Waals surface area (Å²) in [4.78, 5) is 26.8. The first-order valence-electron chi connectivity index (χ1n) is 9.47. The summed E-state index contributed by atoms with van der Waals surface area (Å²) in [7, 11) is -3.33. The highest BCUT2D eigenvalue weighted by atomic mass is 35.5. The minimum Gasteiger partial charge on any atom is -0.457 e. The lowest BCUT2D eigenvalue weighted by Crippen LogP contribution is -2.49. The topological polar surface area (TPSA) is 108 Å². The zero-order valence-electron chi connectivity index (χ0n) is 16.5. The SMILES string of the molecule is CC1=C(C#N)C(=O)N([C@@H]2CCS(=O)(=O)C2)C(=O)/C1=C\c1ccc(-c2cccc(Cl)c2)o1. The minimum atomic E-state index is -3.33. The van der Waals surface area contributed by atoms with Crippen molar-refractivity contribution in [1.29, 1.82) is 5.26 Å². The van der Waals surface area contributed by atoms with Gasteiger partial charge in [-0.2, -0.15) is 5.26 Å². The van der Waals surface area contributed by atoms with Crippen molar-refractivity contribution in [1.82, 2.24) is 4.90 Å². The Labute approximate surface area is 184 Å². The molecule has 0 unspecified atom stereocenters. The fourth-order valence-corrected chi connectivity index (χ4v) is 5.67. The van der Waals surface area contributed by atoms with E-state index < -0.39 is 27.7 Å². The van der Waals surface area contributed by atoms with Gasteiger partial charge in [0, 0.05) is 16.2 Å². The lowest BCUT2D eigenvalue weighted by molar-refractivity contribution is -0.142. The van der Waals surface area contributed by atoms with Crippen LogP contribution in [0.25, 0.3) is 17.4 Å². The van der Waals surface area contributed by atoms with Crippen LogP contribution in [0.2, 0.25) is 5.02 Å². The van der Waals surface area contributed by atoms with Crippen molar-refractivity contribution in [2.75, 3.05) is 11.5 Å². The van der Waals surface area contributed by atoms with E-state index in [9.17, 15) is 23.3 Å². The van der Waals surface area contributed by atoms with Gasteiger partial charge in [0.05, 0.1) is 17.5 Å². The minimum absolute atomic E-state index is 0.0977. The van der Waals surface area contributed by atoms with E-state index in [1.54, 1.807) is 30.3 Å². The summed E-state index contributed by atoms with van der Waals surface area (Å²) in [6, 6.07) is 11.5. The molecule has 0 N–H and O–H groups in total. The molecule has 1 fully saturated rings. The Balaban J connectivity index is 1.74. The number of halogens is 1. The summed E-state index contributed by atoms with van der Waals surface area (Å²) in [5, 5.41) is 10.0. The van der Waals surface area contributed by atoms with Crippen molar-refractivity contribution in [2.24, 2.45) is 0 Å². The maximum Gasteiger partial charge on any atom is 0.271 e. The van der Waals surface area contributed by atoms with Crippen LogP contribution < -0.4 is 0 Å². The molecular formula is C22H17ClN2O5S. The summed E-state index contributed by atoms with van der Waals surface area (Å²) >= 11 is 6.02. The largest absolute Gasteiger partial charge is 0.457 e. The van der Waals surface area contributed by atoms with Crippen LogP contribution in [-0.2, 0) is 19.4 Å². The van der Waals surface area contributed by atoms with Gasteiger partial charge in [0.2, 0.25) is 0 Å². The number of hydrogen-bond donors (Lipinski definition) is 0. The van der Waals surface area contributed by atoms with Crippen molar-refractivity contribution in [3.05, 3.63) is 63.9 Å². The Morgan fingerprint density at radius 2 is 2.00 bits per heavy atom. The molecule has 1 aromatic carbocycles. The maximum absolute atomic E-state index is 13.2. The van der Waals surface area contributed by atoms with Gasteiger partial charge in [0.15, 0.2) is 9.84 Å². The zero-order valence-corrected chi connectivity index (χ0v) is 18.0. The number of nitrogens with zero attached hydrogens (tertiary/aromatic N) is 2. The van der Waals surface area contributed by atoms with Crippen LogP contribution in [0.4, 0.5) is 0 Å². The molecule has 4 rings (SSSR count). The van der Waals surface area contributed by atoms with E-state index in [4.69, 9.17) is 16.0 Å². The molecule has 0 bridgehead atoms. The van der Waals surface area contributed by atoms with Gasteiger partial charge in [-0.15, -0.1) is 0 Å². The van der Waals surface area contributed by atoms with Gasteiger partial charge in [0.1, 0.15) is 23.2 Å². The number of benzene rings is 1. The number of sulfone groups is 1. The smallest absolute Gasteiger partial charge is 0.271 e. The summed E-state index contributed by atoms with van der Waals surface area (Å²) < 4.78 is 29.6. The average Bonchev–Trinajstić information content (AvgIpc) is 3.32. The van der Waals surface area contributed by atoms with Gasteiger partial charge in [-0.05, 0) is 49.3 Å². The second-order valence-corrected chi connectivity index (χ2v) is 10.1. The second kappa shape index (κ2) is 7.84. The van der Waals surface area contributed by atoms with E-state index in [1.807, 2.05) is 12.1 Å². The fourth-order valence-electron chi connectivity index (χ4n) is 3.78. The molecule has 0 saturated carbocycles. The highest BCUT2D eigenvalue weighted by molar-refractivity contribution is 7.91. The molecule has 3 heterocycles. The molecule has 1 saturated heterocycles. The van der Waals surface area contributed by atoms with Crippen LogP contribution in [0.3, 0.4) is 0 Å². The maximum atomic E-state index is 13.2. The van der Waals surface area contributed by atoms with Crippen LogP contribution in [-0.4, -0.2) is 42.7 Å². The Hall–Kier alpha value is -3.15. The highest BCUT2D eigenvalue weighted by Gasteiger charge is 2.43. The number of amides is 2. The van der Waals surface area contributed by atoms with Crippen LogP contribution >= 0.6 is 11.6 Å². The van der Waals surface area contributed by atoms with Crippen molar-refractivity contribution >= 4 is 39.3 Å². The molecule has 0 spiro atoms. The molecule has 158 valence electrons. The molecule has 0 radical (unpaired) electrons. The lowest BCUT2D eigenvalue weighted by atomic mass is 9.93. The summed E-state index contributed by atoms with van der Waals surface area (Å²) in [5.74, 6) is -0.903. The molecule has 2 aliphatic heterocycles. The van der Waals surface area contributed by atoms with Crippen LogP contribution in [0, 0.1) is 11.3 Å². The van der Waals surface area contributed by atoms with Gasteiger partial charge in [0.25, 0.3) is 11.8 Å². The number of nitriles is 1. The van der Waals surface area contributed by atoms with Crippen molar-refractivity contribution in [3.63, 3.8) is 0 Å². The average molecular weight is 457 g/mol. The molecule has 7 nitrogen and oxygen atoms in total. The lowest BCUT2D eigenvalue weighted by Gasteiger charge is -2.31. The van der Waals surface area contributed by atoms with E-state index in [1.165, 1.54) is 13.0 Å². The monoisotopic (exact) mass is 456 g/mol. The van der Waals surface area contributed by atoms with E-state index in [0.29, 0.717) is 16.5 Å². The number of carbonyl (C=O) groups is 2. The first-order valence-corrected chi connectivity index (χ1v) is 11.7. The van der Waals surface area contributed by atoms with Gasteiger partial charge in [-0.3, -0.25) is 14.5 Å². The predicted octanol–water partition coefficient (Wildman–Crippen LogP) is 3.38. The molecule has 2 amide bonds. The summed E-state index contributed by atoms with van der Waals surface area (Å²) in [6.07, 6.45) is 1.62. The molecule has 2 aromatic rings. The van der Waals surface area contributed by atoms with Crippen LogP contribution in [0.15, 0.2) is 57.5 Å². The van der Waals surface area contributed by atoms with Crippen LogP contribution in [0.1, 0.15) is 19.1 Å². The van der Waals surface area contributed by atoms with Crippen molar-refractivity contribution < 1.29 is 22.4 Å². The van der Waals surface area contributed by atoms with Gasteiger partial charge >= 0.3 is 0 Å². The van der Waals surface area contributed by atoms with Crippen LogP contribution in [0.5, 0.6) is 0 Å². The molecule has 9 heteroatoms. The molecule has 2 aliphatic rings. The van der Waals surface area contributed by atoms with Gasteiger partial charge in [-0.25, -0.2) is 8.42 Å². The second-order valence-electron chi connectivity index (χ2n) is 7.42. The van der Waals surface area contributed by atoms with E-state index >= 15 is 0 Å². The quantitative estimate of drug-likeness (QED) is 0.517. The Kier molecular flexibility index (Phi) is 5.33. The Bertz CT molecular complexity index is 1310. The molecule has 0 aliphatic carbocycles. The number of furan rings is 1. The highest BCUT2D eigenvalue weighted by Crippen LogP contribution is 2.32.